The molecular weight excluding hydrogens is 407 g/mol. The summed E-state index contributed by atoms with van der Waals surface area (Å²) in [5, 5.41) is 6.14. The first-order valence-electron chi connectivity index (χ1n) is 7.01. The van der Waals surface area contributed by atoms with Gasteiger partial charge in [0.2, 0.25) is 0 Å². The van der Waals surface area contributed by atoms with Crippen molar-refractivity contribution in [2.24, 2.45) is 4.99 Å². The molecule has 7 nitrogen and oxygen atoms in total. The summed E-state index contributed by atoms with van der Waals surface area (Å²) in [7, 11) is -2.94. The lowest BCUT2D eigenvalue weighted by atomic mass is 10.4. The average molecular weight is 434 g/mol. The quantitative estimate of drug-likeness (QED) is 0.321. The van der Waals surface area contributed by atoms with Crippen molar-refractivity contribution in [1.82, 2.24) is 15.5 Å². The molecule has 0 bridgehead atoms. The topological polar surface area (TPSA) is 83.0 Å². The number of nitrogens with zero attached hydrogens (tertiary/aromatic N) is 2. The highest BCUT2D eigenvalue weighted by Gasteiger charge is 2.09. The molecule has 1 saturated heterocycles. The second-order valence-electron chi connectivity index (χ2n) is 4.77. The highest BCUT2D eigenvalue weighted by atomic mass is 127. The van der Waals surface area contributed by atoms with Crippen LogP contribution in [0.25, 0.3) is 0 Å². The SMILES string of the molecule is CCNC(=NCCN1CCOCC1)NCCS(C)(=O)=O.I. The minimum absolute atomic E-state index is 0. The van der Waals surface area contributed by atoms with Gasteiger partial charge < -0.3 is 15.4 Å². The maximum Gasteiger partial charge on any atom is 0.191 e. The fourth-order valence-electron chi connectivity index (χ4n) is 1.82. The predicted octanol–water partition coefficient (Wildman–Crippen LogP) is -0.464. The van der Waals surface area contributed by atoms with E-state index in [1.807, 2.05) is 6.92 Å². The van der Waals surface area contributed by atoms with E-state index >= 15 is 0 Å². The van der Waals surface area contributed by atoms with Crippen LogP contribution in [0.3, 0.4) is 0 Å². The highest BCUT2D eigenvalue weighted by Crippen LogP contribution is 1.95. The number of ether oxygens (including phenoxy) is 1. The Morgan fingerprint density at radius 2 is 1.95 bits per heavy atom. The van der Waals surface area contributed by atoms with Crippen molar-refractivity contribution in [3.05, 3.63) is 0 Å². The lowest BCUT2D eigenvalue weighted by molar-refractivity contribution is 0.0394. The van der Waals surface area contributed by atoms with Gasteiger partial charge in [-0.25, -0.2) is 8.42 Å². The Balaban J connectivity index is 0.00000400. The van der Waals surface area contributed by atoms with E-state index in [1.54, 1.807) is 0 Å². The van der Waals surface area contributed by atoms with E-state index < -0.39 is 9.84 Å². The van der Waals surface area contributed by atoms with E-state index in [4.69, 9.17) is 4.74 Å². The van der Waals surface area contributed by atoms with Crippen LogP contribution >= 0.6 is 24.0 Å². The smallest absolute Gasteiger partial charge is 0.191 e. The predicted molar refractivity (Wildman–Crippen MR) is 96.4 cm³/mol. The molecule has 1 aliphatic heterocycles. The summed E-state index contributed by atoms with van der Waals surface area (Å²) in [5.74, 6) is 0.783. The van der Waals surface area contributed by atoms with Crippen molar-refractivity contribution in [2.45, 2.75) is 6.92 Å². The largest absolute Gasteiger partial charge is 0.379 e. The number of nitrogens with one attached hydrogen (secondary N) is 2. The number of rotatable bonds is 7. The molecule has 1 heterocycles. The standard InChI is InChI=1S/C12H26N4O3S.HI/c1-3-13-12(15-5-11-20(2,17)18)14-4-6-16-7-9-19-10-8-16;/h3-11H2,1-2H3,(H2,13,14,15);1H. The summed E-state index contributed by atoms with van der Waals surface area (Å²) in [6, 6.07) is 0. The van der Waals surface area contributed by atoms with Crippen molar-refractivity contribution in [3.8, 4) is 0 Å². The Bertz CT molecular complexity index is 397. The molecular formula is C12H27IN4O3S. The second kappa shape index (κ2) is 11.4. The summed E-state index contributed by atoms with van der Waals surface area (Å²) in [6.45, 7) is 8.17. The summed E-state index contributed by atoms with van der Waals surface area (Å²) in [4.78, 5) is 6.76. The third-order valence-electron chi connectivity index (χ3n) is 2.90. The molecule has 0 aromatic heterocycles. The van der Waals surface area contributed by atoms with E-state index in [0.717, 1.165) is 39.4 Å². The number of morpholine rings is 1. The van der Waals surface area contributed by atoms with Crippen LogP contribution in [0, 0.1) is 0 Å². The van der Waals surface area contributed by atoms with Crippen molar-refractivity contribution < 1.29 is 13.2 Å². The number of sulfone groups is 1. The molecule has 0 aliphatic carbocycles. The number of hydrogen-bond donors (Lipinski definition) is 2. The van der Waals surface area contributed by atoms with Crippen molar-refractivity contribution in [1.29, 1.82) is 0 Å². The van der Waals surface area contributed by atoms with Crippen LogP contribution < -0.4 is 10.6 Å². The molecule has 21 heavy (non-hydrogen) atoms. The van der Waals surface area contributed by atoms with Crippen molar-refractivity contribution in [2.75, 3.05) is 64.5 Å². The van der Waals surface area contributed by atoms with Crippen LogP contribution in [0.1, 0.15) is 6.92 Å². The molecule has 126 valence electrons. The van der Waals surface area contributed by atoms with Gasteiger partial charge in [0, 0.05) is 39.0 Å². The molecule has 9 heteroatoms. The highest BCUT2D eigenvalue weighted by molar-refractivity contribution is 14.0. The molecule has 0 aromatic rings. The van der Waals surface area contributed by atoms with Gasteiger partial charge in [-0.05, 0) is 6.92 Å². The van der Waals surface area contributed by atoms with Crippen molar-refractivity contribution >= 4 is 39.8 Å². The molecule has 0 unspecified atom stereocenters. The third-order valence-corrected chi connectivity index (χ3v) is 3.85. The van der Waals surface area contributed by atoms with E-state index in [0.29, 0.717) is 19.0 Å². The number of hydrogen-bond acceptors (Lipinski definition) is 5. The van der Waals surface area contributed by atoms with Gasteiger partial charge in [0.05, 0.1) is 25.5 Å². The zero-order valence-electron chi connectivity index (χ0n) is 12.8. The lowest BCUT2D eigenvalue weighted by Crippen LogP contribution is -2.41. The summed E-state index contributed by atoms with van der Waals surface area (Å²) in [5.41, 5.74) is 0. The fraction of sp³-hybridized carbons (Fsp3) is 0.917. The molecule has 0 radical (unpaired) electrons. The van der Waals surface area contributed by atoms with Crippen LogP contribution in [0.4, 0.5) is 0 Å². The first-order valence-corrected chi connectivity index (χ1v) is 9.07. The number of halogens is 1. The summed E-state index contributed by atoms with van der Waals surface area (Å²) in [6.07, 6.45) is 1.23. The zero-order chi connectivity index (χ0) is 14.8. The maximum atomic E-state index is 11.1. The van der Waals surface area contributed by atoms with Crippen LogP contribution in [-0.4, -0.2) is 83.8 Å². The zero-order valence-corrected chi connectivity index (χ0v) is 15.9. The Labute approximate surface area is 144 Å². The monoisotopic (exact) mass is 434 g/mol. The van der Waals surface area contributed by atoms with Crippen molar-refractivity contribution in [3.63, 3.8) is 0 Å². The third kappa shape index (κ3) is 11.1. The average Bonchev–Trinajstić information content (AvgIpc) is 2.38. The van der Waals surface area contributed by atoms with Gasteiger partial charge in [0.1, 0.15) is 9.84 Å². The first kappa shape index (κ1) is 20.9. The Kier molecular flexibility index (Phi) is 11.4. The van der Waals surface area contributed by atoms with Gasteiger partial charge in [-0.15, -0.1) is 24.0 Å². The van der Waals surface area contributed by atoms with Gasteiger partial charge in [0.15, 0.2) is 5.96 Å². The second-order valence-corrected chi connectivity index (χ2v) is 7.03. The van der Waals surface area contributed by atoms with Crippen LogP contribution in [0.2, 0.25) is 0 Å². The molecule has 0 atom stereocenters. The molecule has 1 fully saturated rings. The minimum atomic E-state index is -2.94. The van der Waals surface area contributed by atoms with Crippen LogP contribution in [0.15, 0.2) is 4.99 Å². The first-order chi connectivity index (χ1) is 9.51. The fourth-order valence-corrected chi connectivity index (χ4v) is 2.30. The van der Waals surface area contributed by atoms with Gasteiger partial charge in [0.25, 0.3) is 0 Å². The number of guanidine groups is 1. The summed E-state index contributed by atoms with van der Waals surface area (Å²) < 4.78 is 27.4. The Hall–Kier alpha value is -0.130. The van der Waals surface area contributed by atoms with Gasteiger partial charge in [-0.1, -0.05) is 0 Å². The lowest BCUT2D eigenvalue weighted by Gasteiger charge is -2.25. The number of aliphatic imine (C=N–C) groups is 1. The normalized spacial score (nSPS) is 17.1. The van der Waals surface area contributed by atoms with Crippen LogP contribution in [-0.2, 0) is 14.6 Å². The summed E-state index contributed by atoms with van der Waals surface area (Å²) >= 11 is 0. The van der Waals surface area contributed by atoms with E-state index in [9.17, 15) is 8.42 Å². The van der Waals surface area contributed by atoms with Crippen LogP contribution in [0.5, 0.6) is 0 Å². The molecule has 0 saturated carbocycles. The van der Waals surface area contributed by atoms with E-state index in [-0.39, 0.29) is 29.7 Å². The van der Waals surface area contributed by atoms with E-state index in [1.165, 1.54) is 6.26 Å². The molecule has 2 N–H and O–H groups in total. The molecule has 1 aliphatic rings. The molecule has 0 aromatic carbocycles. The Morgan fingerprint density at radius 3 is 2.52 bits per heavy atom. The maximum absolute atomic E-state index is 11.1. The van der Waals surface area contributed by atoms with Gasteiger partial charge >= 0.3 is 0 Å². The molecule has 1 rings (SSSR count). The molecule has 0 amide bonds. The van der Waals surface area contributed by atoms with Gasteiger partial charge in [-0.2, -0.15) is 0 Å². The van der Waals surface area contributed by atoms with E-state index in [2.05, 4.69) is 20.5 Å². The minimum Gasteiger partial charge on any atom is -0.379 e. The van der Waals surface area contributed by atoms with Gasteiger partial charge in [-0.3, -0.25) is 9.89 Å². The Morgan fingerprint density at radius 1 is 1.29 bits per heavy atom. The molecule has 0 spiro atoms.